The molecule has 1 aliphatic rings. The molecule has 0 unspecified atom stereocenters. The molecule has 102 valence electrons. The number of aliphatic hydroxyl groups is 1. The van der Waals surface area contributed by atoms with E-state index in [-0.39, 0.29) is 5.41 Å². The standard InChI is InChI=1S/C17H23NO/c1-6-14-7-8-15(18-9-14)17(19)10-16(11-17,12(2)3)13(4)5/h1,7-9,12-13,19H,10-11H2,2-5H3. The Hall–Kier alpha value is -1.33. The Morgan fingerprint density at radius 1 is 1.21 bits per heavy atom. The second-order valence-corrected chi connectivity index (χ2v) is 6.50. The van der Waals surface area contributed by atoms with Gasteiger partial charge in [-0.25, -0.2) is 0 Å². The van der Waals surface area contributed by atoms with Crippen molar-refractivity contribution in [2.24, 2.45) is 17.3 Å². The molecule has 1 aromatic rings. The fraction of sp³-hybridized carbons (Fsp3) is 0.588. The van der Waals surface area contributed by atoms with Crippen LogP contribution in [-0.2, 0) is 5.60 Å². The van der Waals surface area contributed by atoms with Gasteiger partial charge in [0.2, 0.25) is 0 Å². The Kier molecular flexibility index (Phi) is 3.45. The summed E-state index contributed by atoms with van der Waals surface area (Å²) in [5, 5.41) is 10.8. The first kappa shape index (κ1) is 14.1. The molecule has 2 heteroatoms. The number of aromatic nitrogens is 1. The van der Waals surface area contributed by atoms with Gasteiger partial charge in [-0.15, -0.1) is 6.42 Å². The fourth-order valence-corrected chi connectivity index (χ4v) is 3.46. The Morgan fingerprint density at radius 2 is 1.79 bits per heavy atom. The SMILES string of the molecule is C#Cc1ccc(C2(O)CC(C(C)C)(C(C)C)C2)nc1. The lowest BCUT2D eigenvalue weighted by molar-refractivity contribution is -0.178. The van der Waals surface area contributed by atoms with Crippen molar-refractivity contribution in [2.75, 3.05) is 0 Å². The van der Waals surface area contributed by atoms with Gasteiger partial charge in [0.15, 0.2) is 0 Å². The molecule has 1 aliphatic carbocycles. The van der Waals surface area contributed by atoms with E-state index in [1.807, 2.05) is 12.1 Å². The molecule has 0 aromatic carbocycles. The van der Waals surface area contributed by atoms with Crippen LogP contribution in [0.4, 0.5) is 0 Å². The number of pyridine rings is 1. The zero-order valence-corrected chi connectivity index (χ0v) is 12.3. The summed E-state index contributed by atoms with van der Waals surface area (Å²) in [6.45, 7) is 8.98. The molecule has 0 saturated heterocycles. The molecule has 0 aliphatic heterocycles. The van der Waals surface area contributed by atoms with E-state index in [1.165, 1.54) is 0 Å². The van der Waals surface area contributed by atoms with E-state index in [0.717, 1.165) is 24.1 Å². The summed E-state index contributed by atoms with van der Waals surface area (Å²) >= 11 is 0. The van der Waals surface area contributed by atoms with Crippen LogP contribution in [0.5, 0.6) is 0 Å². The molecule has 1 fully saturated rings. The van der Waals surface area contributed by atoms with Crippen molar-refractivity contribution >= 4 is 0 Å². The second kappa shape index (κ2) is 4.65. The molecular formula is C17H23NO. The summed E-state index contributed by atoms with van der Waals surface area (Å²) in [6.07, 6.45) is 8.57. The van der Waals surface area contributed by atoms with Gasteiger partial charge in [-0.1, -0.05) is 33.6 Å². The van der Waals surface area contributed by atoms with E-state index in [1.54, 1.807) is 6.20 Å². The van der Waals surface area contributed by atoms with Crippen LogP contribution in [-0.4, -0.2) is 10.1 Å². The Morgan fingerprint density at radius 3 is 2.16 bits per heavy atom. The first-order chi connectivity index (χ1) is 8.84. The lowest BCUT2D eigenvalue weighted by Gasteiger charge is -2.58. The van der Waals surface area contributed by atoms with Crippen molar-refractivity contribution in [1.82, 2.24) is 4.98 Å². The third-order valence-electron chi connectivity index (χ3n) is 4.95. The lowest BCUT2D eigenvalue weighted by atomic mass is 9.49. The van der Waals surface area contributed by atoms with Gasteiger partial charge in [0.1, 0.15) is 5.60 Å². The Bertz CT molecular complexity index is 477. The van der Waals surface area contributed by atoms with Gasteiger partial charge in [-0.3, -0.25) is 4.98 Å². The average Bonchev–Trinajstić information content (AvgIpc) is 2.34. The van der Waals surface area contributed by atoms with Gasteiger partial charge in [-0.2, -0.15) is 0 Å². The van der Waals surface area contributed by atoms with Crippen LogP contribution in [0.3, 0.4) is 0 Å². The summed E-state index contributed by atoms with van der Waals surface area (Å²) in [7, 11) is 0. The van der Waals surface area contributed by atoms with Crippen molar-refractivity contribution < 1.29 is 5.11 Å². The summed E-state index contributed by atoms with van der Waals surface area (Å²) < 4.78 is 0. The molecule has 0 amide bonds. The summed E-state index contributed by atoms with van der Waals surface area (Å²) in [4.78, 5) is 4.34. The molecule has 2 nitrogen and oxygen atoms in total. The number of hydrogen-bond donors (Lipinski definition) is 1. The Labute approximate surface area is 116 Å². The maximum Gasteiger partial charge on any atom is 0.108 e. The maximum atomic E-state index is 10.8. The van der Waals surface area contributed by atoms with E-state index >= 15 is 0 Å². The van der Waals surface area contributed by atoms with Crippen LogP contribution in [0.2, 0.25) is 0 Å². The van der Waals surface area contributed by atoms with E-state index in [9.17, 15) is 5.11 Å². The molecular weight excluding hydrogens is 234 g/mol. The second-order valence-electron chi connectivity index (χ2n) is 6.50. The molecule has 1 saturated carbocycles. The van der Waals surface area contributed by atoms with Gasteiger partial charge >= 0.3 is 0 Å². The molecule has 19 heavy (non-hydrogen) atoms. The minimum absolute atomic E-state index is 0.223. The third-order valence-corrected chi connectivity index (χ3v) is 4.95. The van der Waals surface area contributed by atoms with Crippen molar-refractivity contribution in [3.05, 3.63) is 29.6 Å². The van der Waals surface area contributed by atoms with Crippen LogP contribution in [0.15, 0.2) is 18.3 Å². The van der Waals surface area contributed by atoms with Gasteiger partial charge in [-0.05, 0) is 42.2 Å². The summed E-state index contributed by atoms with van der Waals surface area (Å²) in [5.41, 5.74) is 0.956. The van der Waals surface area contributed by atoms with Crippen LogP contribution < -0.4 is 0 Å². The van der Waals surface area contributed by atoms with Gasteiger partial charge in [0.05, 0.1) is 5.69 Å². The van der Waals surface area contributed by atoms with Gasteiger partial charge in [0.25, 0.3) is 0 Å². The number of nitrogens with zero attached hydrogens (tertiary/aromatic N) is 1. The quantitative estimate of drug-likeness (QED) is 0.842. The zero-order valence-electron chi connectivity index (χ0n) is 12.3. The largest absolute Gasteiger partial charge is 0.384 e. The van der Waals surface area contributed by atoms with Gasteiger partial charge < -0.3 is 5.11 Å². The highest BCUT2D eigenvalue weighted by Crippen LogP contribution is 2.61. The highest BCUT2D eigenvalue weighted by atomic mass is 16.3. The van der Waals surface area contributed by atoms with E-state index in [0.29, 0.717) is 11.8 Å². The highest BCUT2D eigenvalue weighted by molar-refractivity contribution is 5.32. The van der Waals surface area contributed by atoms with E-state index in [2.05, 4.69) is 38.6 Å². The number of hydrogen-bond acceptors (Lipinski definition) is 2. The third kappa shape index (κ3) is 2.17. The van der Waals surface area contributed by atoms with Crippen LogP contribution in [0, 0.1) is 29.6 Å². The maximum absolute atomic E-state index is 10.8. The molecule has 2 rings (SSSR count). The molecule has 1 aromatic heterocycles. The monoisotopic (exact) mass is 257 g/mol. The van der Waals surface area contributed by atoms with Crippen LogP contribution in [0.25, 0.3) is 0 Å². The zero-order chi connectivity index (χ0) is 14.3. The number of terminal acetylenes is 1. The van der Waals surface area contributed by atoms with Crippen LogP contribution in [0.1, 0.15) is 51.8 Å². The fourth-order valence-electron chi connectivity index (χ4n) is 3.46. The molecule has 1 N–H and O–H groups in total. The van der Waals surface area contributed by atoms with Crippen LogP contribution >= 0.6 is 0 Å². The van der Waals surface area contributed by atoms with Crippen molar-refractivity contribution in [3.63, 3.8) is 0 Å². The normalized spacial score (nSPS) is 20.1. The van der Waals surface area contributed by atoms with E-state index in [4.69, 9.17) is 6.42 Å². The lowest BCUT2D eigenvalue weighted by Crippen LogP contribution is -2.55. The highest BCUT2D eigenvalue weighted by Gasteiger charge is 2.57. The van der Waals surface area contributed by atoms with E-state index < -0.39 is 5.60 Å². The first-order valence-electron chi connectivity index (χ1n) is 6.99. The molecule has 0 bridgehead atoms. The predicted octanol–water partition coefficient (Wildman–Crippen LogP) is 3.34. The Balaban J connectivity index is 2.22. The minimum Gasteiger partial charge on any atom is -0.384 e. The topological polar surface area (TPSA) is 33.1 Å². The van der Waals surface area contributed by atoms with Crippen molar-refractivity contribution in [1.29, 1.82) is 0 Å². The summed E-state index contributed by atoms with van der Waals surface area (Å²) in [5.74, 6) is 3.68. The predicted molar refractivity (Wildman–Crippen MR) is 77.4 cm³/mol. The van der Waals surface area contributed by atoms with Gasteiger partial charge in [0, 0.05) is 11.8 Å². The summed E-state index contributed by atoms with van der Waals surface area (Å²) in [6, 6.07) is 3.71. The average molecular weight is 257 g/mol. The minimum atomic E-state index is -0.776. The molecule has 0 spiro atoms. The number of rotatable bonds is 3. The molecule has 0 radical (unpaired) electrons. The van der Waals surface area contributed by atoms with Crippen molar-refractivity contribution in [2.45, 2.75) is 46.1 Å². The molecule has 1 heterocycles. The van der Waals surface area contributed by atoms with Crippen molar-refractivity contribution in [3.8, 4) is 12.3 Å². The first-order valence-corrected chi connectivity index (χ1v) is 6.99. The molecule has 0 atom stereocenters. The smallest absolute Gasteiger partial charge is 0.108 e.